The van der Waals surface area contributed by atoms with Crippen LogP contribution in [0.4, 0.5) is 4.39 Å². The maximum atomic E-state index is 13.2. The van der Waals surface area contributed by atoms with Gasteiger partial charge >= 0.3 is 5.97 Å². The molecule has 1 atom stereocenters. The monoisotopic (exact) mass is 367 g/mol. The number of esters is 1. The molecule has 138 valence electrons. The van der Waals surface area contributed by atoms with Gasteiger partial charge in [-0.25, -0.2) is 13.9 Å². The molecular weight excluding hydrogens is 349 g/mol. The van der Waals surface area contributed by atoms with Crippen molar-refractivity contribution in [2.45, 2.75) is 20.0 Å². The van der Waals surface area contributed by atoms with Crippen LogP contribution in [0.25, 0.3) is 16.9 Å². The minimum Gasteiger partial charge on any atom is -0.449 e. The Morgan fingerprint density at radius 3 is 2.52 bits per heavy atom. The summed E-state index contributed by atoms with van der Waals surface area (Å²) in [5.41, 5.74) is 8.03. The first-order chi connectivity index (χ1) is 12.8. The van der Waals surface area contributed by atoms with Crippen LogP contribution in [0, 0.1) is 12.7 Å². The largest absolute Gasteiger partial charge is 0.449 e. The van der Waals surface area contributed by atoms with Crippen LogP contribution in [0.15, 0.2) is 54.7 Å². The van der Waals surface area contributed by atoms with E-state index in [4.69, 9.17) is 10.5 Å². The van der Waals surface area contributed by atoms with Crippen LogP contribution in [-0.2, 0) is 9.53 Å². The molecule has 6 nitrogen and oxygen atoms in total. The molecule has 0 unspecified atom stereocenters. The Labute approximate surface area is 155 Å². The highest BCUT2D eigenvalue weighted by molar-refractivity contribution is 5.97. The van der Waals surface area contributed by atoms with Crippen molar-refractivity contribution in [2.24, 2.45) is 5.73 Å². The molecule has 0 aliphatic carbocycles. The minimum atomic E-state index is -1.07. The molecule has 0 saturated heterocycles. The van der Waals surface area contributed by atoms with Gasteiger partial charge in [0, 0.05) is 11.8 Å². The van der Waals surface area contributed by atoms with E-state index in [9.17, 15) is 14.0 Å². The van der Waals surface area contributed by atoms with Crippen molar-refractivity contribution in [3.8, 4) is 16.9 Å². The Balaban J connectivity index is 2.07. The van der Waals surface area contributed by atoms with Gasteiger partial charge in [-0.15, -0.1) is 0 Å². The number of primary amides is 1. The summed E-state index contributed by atoms with van der Waals surface area (Å²) in [4.78, 5) is 23.8. The van der Waals surface area contributed by atoms with Gasteiger partial charge in [0.2, 0.25) is 0 Å². The van der Waals surface area contributed by atoms with E-state index in [1.807, 2.05) is 31.2 Å². The average Bonchev–Trinajstić information content (AvgIpc) is 3.07. The molecule has 0 radical (unpaired) electrons. The smallest absolute Gasteiger partial charge is 0.342 e. The third kappa shape index (κ3) is 4.03. The quantitative estimate of drug-likeness (QED) is 0.702. The number of halogens is 1. The molecule has 2 aromatic carbocycles. The molecule has 3 aromatic rings. The number of hydrogen-bond donors (Lipinski definition) is 1. The maximum Gasteiger partial charge on any atom is 0.342 e. The van der Waals surface area contributed by atoms with Crippen LogP contribution in [-0.4, -0.2) is 27.8 Å². The van der Waals surface area contributed by atoms with Gasteiger partial charge in [-0.1, -0.05) is 23.8 Å². The van der Waals surface area contributed by atoms with Crippen LogP contribution >= 0.6 is 0 Å². The first-order valence-corrected chi connectivity index (χ1v) is 8.28. The van der Waals surface area contributed by atoms with Crippen molar-refractivity contribution < 1.29 is 18.7 Å². The summed E-state index contributed by atoms with van der Waals surface area (Å²) in [6.07, 6.45) is 0.415. The number of carbonyl (C=O) groups is 2. The highest BCUT2D eigenvalue weighted by Crippen LogP contribution is 2.25. The first-order valence-electron chi connectivity index (χ1n) is 8.28. The van der Waals surface area contributed by atoms with Gasteiger partial charge in [-0.3, -0.25) is 4.79 Å². The summed E-state index contributed by atoms with van der Waals surface area (Å²) >= 11 is 0. The number of amides is 1. The predicted octanol–water partition coefficient (Wildman–Crippen LogP) is 3.02. The Morgan fingerprint density at radius 2 is 1.89 bits per heavy atom. The molecule has 1 heterocycles. The number of aryl methyl sites for hydroxylation is 1. The third-order valence-electron chi connectivity index (χ3n) is 4.00. The standard InChI is InChI=1S/C20H18FN3O3/c1-12-4-3-5-14(10-12)18-17(20(26)27-13(2)19(22)25)11-24(23-18)16-8-6-15(21)7-9-16/h3-11,13H,1-2H3,(H2,22,25)/t13-/m1/s1. The lowest BCUT2D eigenvalue weighted by Gasteiger charge is -2.09. The molecule has 0 fully saturated rings. The van der Waals surface area contributed by atoms with Gasteiger partial charge in [0.25, 0.3) is 5.91 Å². The van der Waals surface area contributed by atoms with E-state index in [1.165, 1.54) is 29.9 Å². The number of ether oxygens (including phenoxy) is 1. The second kappa shape index (κ2) is 7.41. The van der Waals surface area contributed by atoms with E-state index in [0.29, 0.717) is 11.4 Å². The average molecular weight is 367 g/mol. The summed E-state index contributed by atoms with van der Waals surface area (Å²) in [7, 11) is 0. The summed E-state index contributed by atoms with van der Waals surface area (Å²) in [5.74, 6) is -1.84. The zero-order valence-corrected chi connectivity index (χ0v) is 14.8. The fourth-order valence-corrected chi connectivity index (χ4v) is 2.54. The number of benzene rings is 2. The molecule has 1 aromatic heterocycles. The lowest BCUT2D eigenvalue weighted by molar-refractivity contribution is -0.125. The lowest BCUT2D eigenvalue weighted by Crippen LogP contribution is -2.30. The van der Waals surface area contributed by atoms with Gasteiger partial charge in [-0.2, -0.15) is 5.10 Å². The molecule has 3 rings (SSSR count). The van der Waals surface area contributed by atoms with Gasteiger partial charge in [0.05, 0.1) is 5.69 Å². The van der Waals surface area contributed by atoms with Crippen molar-refractivity contribution in [2.75, 3.05) is 0 Å². The molecule has 0 saturated carbocycles. The van der Waals surface area contributed by atoms with E-state index < -0.39 is 18.0 Å². The highest BCUT2D eigenvalue weighted by atomic mass is 19.1. The van der Waals surface area contributed by atoms with E-state index >= 15 is 0 Å². The van der Waals surface area contributed by atoms with Crippen LogP contribution in [0.2, 0.25) is 0 Å². The Hall–Kier alpha value is -3.48. The van der Waals surface area contributed by atoms with Crippen molar-refractivity contribution in [3.63, 3.8) is 0 Å². The van der Waals surface area contributed by atoms with Crippen LogP contribution in [0.1, 0.15) is 22.8 Å². The van der Waals surface area contributed by atoms with Gasteiger partial charge in [0.1, 0.15) is 17.1 Å². The van der Waals surface area contributed by atoms with Crippen molar-refractivity contribution >= 4 is 11.9 Å². The second-order valence-corrected chi connectivity index (χ2v) is 6.13. The van der Waals surface area contributed by atoms with Gasteiger partial charge in [-0.05, 0) is 44.2 Å². The van der Waals surface area contributed by atoms with Crippen molar-refractivity contribution in [1.82, 2.24) is 9.78 Å². The Bertz CT molecular complexity index is 996. The maximum absolute atomic E-state index is 13.2. The zero-order valence-electron chi connectivity index (χ0n) is 14.8. The van der Waals surface area contributed by atoms with E-state index in [1.54, 1.807) is 12.1 Å². The van der Waals surface area contributed by atoms with Gasteiger partial charge in [0.15, 0.2) is 6.10 Å². The normalized spacial score (nSPS) is 11.8. The van der Waals surface area contributed by atoms with Crippen molar-refractivity contribution in [3.05, 3.63) is 71.7 Å². The number of hydrogen-bond acceptors (Lipinski definition) is 4. The van der Waals surface area contributed by atoms with E-state index in [2.05, 4.69) is 5.10 Å². The fraction of sp³-hybridized carbons (Fsp3) is 0.150. The zero-order chi connectivity index (χ0) is 19.6. The number of nitrogens with zero attached hydrogens (tertiary/aromatic N) is 2. The SMILES string of the molecule is Cc1cccc(-c2nn(-c3ccc(F)cc3)cc2C(=O)O[C@H](C)C(N)=O)c1. The Kier molecular flexibility index (Phi) is 5.03. The molecule has 27 heavy (non-hydrogen) atoms. The summed E-state index contributed by atoms with van der Waals surface area (Å²) in [5, 5.41) is 4.47. The molecular formula is C20H18FN3O3. The highest BCUT2D eigenvalue weighted by Gasteiger charge is 2.23. The van der Waals surface area contributed by atoms with Crippen molar-refractivity contribution in [1.29, 1.82) is 0 Å². The second-order valence-electron chi connectivity index (χ2n) is 6.13. The third-order valence-corrected chi connectivity index (χ3v) is 4.00. The fourth-order valence-electron chi connectivity index (χ4n) is 2.54. The molecule has 1 amide bonds. The number of rotatable bonds is 5. The summed E-state index contributed by atoms with van der Waals surface area (Å²) in [6.45, 7) is 3.32. The summed E-state index contributed by atoms with van der Waals surface area (Å²) < 4.78 is 19.8. The molecule has 0 aliphatic rings. The molecule has 0 spiro atoms. The molecule has 2 N–H and O–H groups in total. The number of carbonyl (C=O) groups excluding carboxylic acids is 2. The van der Waals surface area contributed by atoms with E-state index in [-0.39, 0.29) is 11.4 Å². The van der Waals surface area contributed by atoms with Crippen LogP contribution in [0.5, 0.6) is 0 Å². The topological polar surface area (TPSA) is 87.2 Å². The number of aromatic nitrogens is 2. The van der Waals surface area contributed by atoms with E-state index in [0.717, 1.165) is 11.1 Å². The van der Waals surface area contributed by atoms with Crippen LogP contribution < -0.4 is 5.73 Å². The Morgan fingerprint density at radius 1 is 1.19 bits per heavy atom. The van der Waals surface area contributed by atoms with Crippen LogP contribution in [0.3, 0.4) is 0 Å². The predicted molar refractivity (Wildman–Crippen MR) is 97.8 cm³/mol. The molecule has 0 aliphatic heterocycles. The molecule has 0 bridgehead atoms. The minimum absolute atomic E-state index is 0.179. The lowest BCUT2D eigenvalue weighted by atomic mass is 10.1. The molecule has 7 heteroatoms. The number of nitrogens with two attached hydrogens (primary N) is 1. The van der Waals surface area contributed by atoms with Gasteiger partial charge < -0.3 is 10.5 Å². The summed E-state index contributed by atoms with van der Waals surface area (Å²) in [6, 6.07) is 13.2. The first kappa shape index (κ1) is 18.3.